The Kier molecular flexibility index (Phi) is 2.70. The quantitative estimate of drug-likeness (QED) is 0.842. The van der Waals surface area contributed by atoms with E-state index in [0.29, 0.717) is 0 Å². The van der Waals surface area contributed by atoms with Crippen LogP contribution in [0.15, 0.2) is 6.07 Å². The van der Waals surface area contributed by atoms with Crippen molar-refractivity contribution in [2.45, 2.75) is 6.18 Å². The van der Waals surface area contributed by atoms with Crippen molar-refractivity contribution in [3.05, 3.63) is 15.8 Å². The van der Waals surface area contributed by atoms with Crippen LogP contribution in [-0.2, 0) is 6.18 Å². The molecular formula is C7H5F3O3S. The molecule has 0 atom stereocenters. The summed E-state index contributed by atoms with van der Waals surface area (Å²) in [5, 5.41) is 8.47. The number of aromatic carboxylic acids is 1. The second kappa shape index (κ2) is 3.49. The van der Waals surface area contributed by atoms with Gasteiger partial charge < -0.3 is 9.84 Å². The number of hydrogen-bond donors (Lipinski definition) is 1. The van der Waals surface area contributed by atoms with Gasteiger partial charge in [0.15, 0.2) is 4.88 Å². The lowest BCUT2D eigenvalue weighted by atomic mass is 10.4. The Labute approximate surface area is 80.7 Å². The van der Waals surface area contributed by atoms with E-state index in [1.54, 1.807) is 0 Å². The molecule has 1 aromatic heterocycles. The monoisotopic (exact) mass is 226 g/mol. The molecular weight excluding hydrogens is 221 g/mol. The number of thiophene rings is 1. The largest absolute Gasteiger partial charge is 0.495 e. The molecule has 0 aliphatic rings. The summed E-state index contributed by atoms with van der Waals surface area (Å²) in [6.07, 6.45) is -4.58. The van der Waals surface area contributed by atoms with Gasteiger partial charge in [-0.3, -0.25) is 0 Å². The molecule has 1 rings (SSSR count). The topological polar surface area (TPSA) is 46.5 Å². The highest BCUT2D eigenvalue weighted by atomic mass is 32.1. The zero-order valence-electron chi connectivity index (χ0n) is 6.88. The van der Waals surface area contributed by atoms with Gasteiger partial charge in [-0.15, -0.1) is 11.3 Å². The van der Waals surface area contributed by atoms with Gasteiger partial charge in [-0.1, -0.05) is 0 Å². The van der Waals surface area contributed by atoms with Crippen LogP contribution in [0.25, 0.3) is 0 Å². The molecule has 1 N–H and O–H groups in total. The van der Waals surface area contributed by atoms with Crippen molar-refractivity contribution in [1.29, 1.82) is 0 Å². The van der Waals surface area contributed by atoms with Crippen LogP contribution in [0.4, 0.5) is 13.2 Å². The number of carboxylic acids is 1. The number of methoxy groups -OCH3 is 1. The fourth-order valence-corrected chi connectivity index (χ4v) is 1.66. The zero-order valence-corrected chi connectivity index (χ0v) is 7.70. The van der Waals surface area contributed by atoms with Gasteiger partial charge in [0.05, 0.1) is 7.11 Å². The molecule has 0 unspecified atom stereocenters. The highest BCUT2D eigenvalue weighted by Gasteiger charge is 2.37. The van der Waals surface area contributed by atoms with Crippen LogP contribution in [-0.4, -0.2) is 18.2 Å². The zero-order chi connectivity index (χ0) is 10.9. The molecule has 0 aliphatic heterocycles. The molecule has 0 saturated heterocycles. The summed E-state index contributed by atoms with van der Waals surface area (Å²) in [5.41, 5.74) is 0. The smallest absolute Gasteiger partial charge is 0.429 e. The average molecular weight is 226 g/mol. The van der Waals surface area contributed by atoms with Crippen LogP contribution in [0.5, 0.6) is 5.75 Å². The van der Waals surface area contributed by atoms with E-state index in [1.165, 1.54) is 0 Å². The number of ether oxygens (including phenoxy) is 1. The molecule has 14 heavy (non-hydrogen) atoms. The number of carboxylic acid groups (broad SMARTS) is 1. The van der Waals surface area contributed by atoms with Crippen LogP contribution in [0.1, 0.15) is 14.5 Å². The molecule has 3 nitrogen and oxygen atoms in total. The van der Waals surface area contributed by atoms with Gasteiger partial charge in [-0.2, -0.15) is 13.2 Å². The Morgan fingerprint density at radius 2 is 2.14 bits per heavy atom. The number of rotatable bonds is 2. The summed E-state index contributed by atoms with van der Waals surface area (Å²) in [6.45, 7) is 0. The SMILES string of the molecule is COc1cc(C(=O)O)sc1C(F)(F)F. The molecule has 0 amide bonds. The van der Waals surface area contributed by atoms with E-state index in [-0.39, 0.29) is 11.3 Å². The minimum Gasteiger partial charge on any atom is -0.495 e. The Hall–Kier alpha value is -1.24. The molecule has 0 aromatic carbocycles. The van der Waals surface area contributed by atoms with Crippen molar-refractivity contribution in [3.8, 4) is 5.75 Å². The van der Waals surface area contributed by atoms with Gasteiger partial charge in [0, 0.05) is 6.07 Å². The highest BCUT2D eigenvalue weighted by molar-refractivity contribution is 7.14. The molecule has 0 bridgehead atoms. The first-order chi connectivity index (χ1) is 6.36. The normalized spacial score (nSPS) is 11.4. The number of carbonyl (C=O) groups is 1. The average Bonchev–Trinajstić information content (AvgIpc) is 2.46. The second-order valence-corrected chi connectivity index (χ2v) is 3.36. The second-order valence-electron chi connectivity index (χ2n) is 2.31. The minimum atomic E-state index is -4.58. The predicted molar refractivity (Wildman–Crippen MR) is 42.8 cm³/mol. The summed E-state index contributed by atoms with van der Waals surface area (Å²) in [5.74, 6) is -1.86. The van der Waals surface area contributed by atoms with Crippen molar-refractivity contribution < 1.29 is 27.8 Å². The molecule has 0 radical (unpaired) electrons. The minimum absolute atomic E-state index is 0.150. The van der Waals surface area contributed by atoms with E-state index < -0.39 is 27.6 Å². The maximum Gasteiger partial charge on any atom is 0.429 e. The van der Waals surface area contributed by atoms with Crippen molar-refractivity contribution >= 4 is 17.3 Å². The van der Waals surface area contributed by atoms with Gasteiger partial charge >= 0.3 is 12.1 Å². The van der Waals surface area contributed by atoms with Gasteiger partial charge in [0.1, 0.15) is 10.6 Å². The van der Waals surface area contributed by atoms with Crippen LogP contribution < -0.4 is 4.74 Å². The summed E-state index contributed by atoms with van der Waals surface area (Å²) in [7, 11) is 1.06. The highest BCUT2D eigenvalue weighted by Crippen LogP contribution is 2.42. The molecule has 7 heteroatoms. The van der Waals surface area contributed by atoms with E-state index in [4.69, 9.17) is 5.11 Å². The lowest BCUT2D eigenvalue weighted by molar-refractivity contribution is -0.135. The molecule has 0 fully saturated rings. The first kappa shape index (κ1) is 10.8. The fraction of sp³-hybridized carbons (Fsp3) is 0.286. The van der Waals surface area contributed by atoms with E-state index in [2.05, 4.69) is 4.74 Å². The van der Waals surface area contributed by atoms with Crippen LogP contribution in [0, 0.1) is 0 Å². The van der Waals surface area contributed by atoms with E-state index in [1.807, 2.05) is 0 Å². The summed E-state index contributed by atoms with van der Waals surface area (Å²) in [4.78, 5) is 8.97. The van der Waals surface area contributed by atoms with Crippen LogP contribution in [0.3, 0.4) is 0 Å². The maximum absolute atomic E-state index is 12.2. The third-order valence-corrected chi connectivity index (χ3v) is 2.54. The molecule has 78 valence electrons. The molecule has 1 heterocycles. The third-order valence-electron chi connectivity index (χ3n) is 1.39. The van der Waals surface area contributed by atoms with E-state index in [9.17, 15) is 18.0 Å². The van der Waals surface area contributed by atoms with E-state index >= 15 is 0 Å². The first-order valence-corrected chi connectivity index (χ1v) is 4.16. The van der Waals surface area contributed by atoms with Gasteiger partial charge in [0.25, 0.3) is 0 Å². The molecule has 0 aliphatic carbocycles. The molecule has 0 spiro atoms. The van der Waals surface area contributed by atoms with Gasteiger partial charge in [0.2, 0.25) is 0 Å². The van der Waals surface area contributed by atoms with Crippen molar-refractivity contribution in [1.82, 2.24) is 0 Å². The standard InChI is InChI=1S/C7H5F3O3S/c1-13-3-2-4(6(11)12)14-5(3)7(8,9)10/h2H,1H3,(H,11,12). The van der Waals surface area contributed by atoms with Gasteiger partial charge in [-0.25, -0.2) is 4.79 Å². The fourth-order valence-electron chi connectivity index (χ4n) is 0.829. The summed E-state index contributed by atoms with van der Waals surface area (Å²) < 4.78 is 41.2. The lowest BCUT2D eigenvalue weighted by Gasteiger charge is -2.05. The van der Waals surface area contributed by atoms with Crippen molar-refractivity contribution in [2.24, 2.45) is 0 Å². The van der Waals surface area contributed by atoms with Crippen LogP contribution in [0.2, 0.25) is 0 Å². The molecule has 0 saturated carbocycles. The summed E-state index contributed by atoms with van der Waals surface area (Å²) >= 11 is 0.150. The molecule has 1 aromatic rings. The first-order valence-electron chi connectivity index (χ1n) is 3.34. The number of halogens is 3. The summed E-state index contributed by atoms with van der Waals surface area (Å²) in [6, 6.07) is 0.857. The predicted octanol–water partition coefficient (Wildman–Crippen LogP) is 2.47. The van der Waals surface area contributed by atoms with Crippen molar-refractivity contribution in [2.75, 3.05) is 7.11 Å². The third kappa shape index (κ3) is 1.98. The maximum atomic E-state index is 12.2. The van der Waals surface area contributed by atoms with Gasteiger partial charge in [-0.05, 0) is 0 Å². The lowest BCUT2D eigenvalue weighted by Crippen LogP contribution is -2.03. The number of hydrogen-bond acceptors (Lipinski definition) is 3. The van der Waals surface area contributed by atoms with Crippen LogP contribution >= 0.6 is 11.3 Å². The van der Waals surface area contributed by atoms with E-state index in [0.717, 1.165) is 13.2 Å². The Balaban J connectivity index is 3.22. The Bertz CT molecular complexity index is 356. The Morgan fingerprint density at radius 3 is 2.43 bits per heavy atom. The number of alkyl halides is 3. The van der Waals surface area contributed by atoms with Crippen molar-refractivity contribution in [3.63, 3.8) is 0 Å². The Morgan fingerprint density at radius 1 is 1.57 bits per heavy atom.